The van der Waals surface area contributed by atoms with Gasteiger partial charge in [0.05, 0.1) is 0 Å². The van der Waals surface area contributed by atoms with E-state index in [9.17, 15) is 0 Å². The Hall–Kier alpha value is -0.780. The number of hydrogen-bond donors (Lipinski definition) is 0. The Bertz CT molecular complexity index is 225. The lowest BCUT2D eigenvalue weighted by Crippen LogP contribution is -1.85. The molecule has 1 aromatic carbocycles. The number of rotatable bonds is 7. The van der Waals surface area contributed by atoms with Gasteiger partial charge in [0.1, 0.15) is 0 Å². The molecule has 1 aromatic rings. The standard InChI is InChI=1S/C14H22.C3H8/c1-2-3-4-5-6-8-11-14-12-9-7-10-13-14;1-3-2/h7,9-10,12-13H,2-6,8,11H2,1H3;3H2,1-2H3. The number of unbranched alkanes of at least 4 members (excludes halogenated alkanes) is 5. The van der Waals surface area contributed by atoms with Gasteiger partial charge in [-0.15, -0.1) is 0 Å². The number of hydrogen-bond acceptors (Lipinski definition) is 0. The van der Waals surface area contributed by atoms with Gasteiger partial charge in [-0.2, -0.15) is 0 Å². The molecule has 0 N–H and O–H groups in total. The molecule has 0 radical (unpaired) electrons. The third-order valence-corrected chi connectivity index (χ3v) is 2.66. The molecule has 0 heteroatoms. The maximum absolute atomic E-state index is 2.27. The van der Waals surface area contributed by atoms with Gasteiger partial charge in [-0.3, -0.25) is 0 Å². The van der Waals surface area contributed by atoms with Crippen LogP contribution in [0.5, 0.6) is 0 Å². The van der Waals surface area contributed by atoms with Crippen LogP contribution in [0.1, 0.15) is 71.3 Å². The second-order valence-corrected chi connectivity index (χ2v) is 4.71. The van der Waals surface area contributed by atoms with Gasteiger partial charge in [0, 0.05) is 0 Å². The summed E-state index contributed by atoms with van der Waals surface area (Å²) in [4.78, 5) is 0. The SMILES string of the molecule is CCC.CCCCCCCCc1ccccc1. The van der Waals surface area contributed by atoms with Gasteiger partial charge in [0.15, 0.2) is 0 Å². The van der Waals surface area contributed by atoms with E-state index in [1.807, 2.05) is 0 Å². The smallest absolute Gasteiger partial charge is 0.0279 e. The van der Waals surface area contributed by atoms with Gasteiger partial charge in [0.2, 0.25) is 0 Å². The van der Waals surface area contributed by atoms with Crippen LogP contribution in [0.4, 0.5) is 0 Å². The Morgan fingerprint density at radius 3 is 1.82 bits per heavy atom. The van der Waals surface area contributed by atoms with Crippen molar-refractivity contribution in [1.29, 1.82) is 0 Å². The van der Waals surface area contributed by atoms with Crippen LogP contribution < -0.4 is 0 Å². The van der Waals surface area contributed by atoms with Gasteiger partial charge < -0.3 is 0 Å². The van der Waals surface area contributed by atoms with Crippen molar-refractivity contribution in [2.75, 3.05) is 0 Å². The molecular weight excluding hydrogens is 204 g/mol. The lowest BCUT2D eigenvalue weighted by atomic mass is 10.1. The molecule has 1 rings (SSSR count). The average molecular weight is 234 g/mol. The van der Waals surface area contributed by atoms with Crippen molar-refractivity contribution < 1.29 is 0 Å². The van der Waals surface area contributed by atoms with E-state index < -0.39 is 0 Å². The van der Waals surface area contributed by atoms with E-state index in [1.165, 1.54) is 56.9 Å². The molecule has 0 saturated carbocycles. The molecule has 0 aliphatic rings. The van der Waals surface area contributed by atoms with E-state index in [4.69, 9.17) is 0 Å². The normalized spacial score (nSPS) is 9.59. The molecular formula is C17H30. The van der Waals surface area contributed by atoms with Crippen molar-refractivity contribution in [3.63, 3.8) is 0 Å². The lowest BCUT2D eigenvalue weighted by molar-refractivity contribution is 0.607. The minimum atomic E-state index is 1.25. The molecule has 0 nitrogen and oxygen atoms in total. The van der Waals surface area contributed by atoms with Crippen LogP contribution >= 0.6 is 0 Å². The summed E-state index contributed by atoms with van der Waals surface area (Å²) >= 11 is 0. The molecule has 0 bridgehead atoms. The van der Waals surface area contributed by atoms with E-state index in [-0.39, 0.29) is 0 Å². The first-order chi connectivity index (χ1) is 8.35. The second-order valence-electron chi connectivity index (χ2n) is 4.71. The van der Waals surface area contributed by atoms with Crippen LogP contribution in [0.3, 0.4) is 0 Å². The molecule has 98 valence electrons. The summed E-state index contributed by atoms with van der Waals surface area (Å²) in [5.74, 6) is 0. The maximum atomic E-state index is 2.27. The fourth-order valence-corrected chi connectivity index (χ4v) is 1.75. The molecule has 0 atom stereocenters. The van der Waals surface area contributed by atoms with Crippen molar-refractivity contribution in [3.8, 4) is 0 Å². The number of benzene rings is 1. The third-order valence-electron chi connectivity index (χ3n) is 2.66. The average Bonchev–Trinajstić information content (AvgIpc) is 2.36. The molecule has 0 heterocycles. The molecule has 0 spiro atoms. The Morgan fingerprint density at radius 1 is 0.706 bits per heavy atom. The van der Waals surface area contributed by atoms with Gasteiger partial charge >= 0.3 is 0 Å². The first kappa shape index (κ1) is 16.2. The molecule has 0 saturated heterocycles. The van der Waals surface area contributed by atoms with Gasteiger partial charge in [-0.05, 0) is 18.4 Å². The molecule has 0 aromatic heterocycles. The second kappa shape index (κ2) is 13.3. The van der Waals surface area contributed by atoms with Gasteiger partial charge in [-0.25, -0.2) is 0 Å². The van der Waals surface area contributed by atoms with Crippen molar-refractivity contribution >= 4 is 0 Å². The Morgan fingerprint density at radius 2 is 1.24 bits per heavy atom. The summed E-state index contributed by atoms with van der Waals surface area (Å²) in [5.41, 5.74) is 1.49. The zero-order valence-electron chi connectivity index (χ0n) is 12.0. The van der Waals surface area contributed by atoms with Crippen LogP contribution in [0.2, 0.25) is 0 Å². The summed E-state index contributed by atoms with van der Waals surface area (Å²) in [6.07, 6.45) is 10.9. The number of aryl methyl sites for hydroxylation is 1. The highest BCUT2D eigenvalue weighted by atomic mass is 14.0. The summed E-state index contributed by atoms with van der Waals surface area (Å²) in [5, 5.41) is 0. The van der Waals surface area contributed by atoms with Gasteiger partial charge in [-0.1, -0.05) is 89.6 Å². The fraction of sp³-hybridized carbons (Fsp3) is 0.647. The summed E-state index contributed by atoms with van der Waals surface area (Å²) in [7, 11) is 0. The highest BCUT2D eigenvalue weighted by Gasteiger charge is 1.92. The van der Waals surface area contributed by atoms with Crippen molar-refractivity contribution in [3.05, 3.63) is 35.9 Å². The van der Waals surface area contributed by atoms with Crippen molar-refractivity contribution in [1.82, 2.24) is 0 Å². The lowest BCUT2D eigenvalue weighted by Gasteiger charge is -2.01. The summed E-state index contributed by atoms with van der Waals surface area (Å²) in [6, 6.07) is 10.8. The Labute approximate surface area is 108 Å². The first-order valence-corrected chi connectivity index (χ1v) is 7.39. The van der Waals surface area contributed by atoms with Crippen LogP contribution in [0.15, 0.2) is 30.3 Å². The monoisotopic (exact) mass is 234 g/mol. The minimum absolute atomic E-state index is 1.25. The quantitative estimate of drug-likeness (QED) is 0.507. The van der Waals surface area contributed by atoms with E-state index >= 15 is 0 Å². The van der Waals surface area contributed by atoms with Crippen LogP contribution in [0.25, 0.3) is 0 Å². The van der Waals surface area contributed by atoms with Crippen LogP contribution in [-0.4, -0.2) is 0 Å². The van der Waals surface area contributed by atoms with Crippen molar-refractivity contribution in [2.45, 2.75) is 72.1 Å². The minimum Gasteiger partial charge on any atom is -0.0656 e. The third kappa shape index (κ3) is 11.5. The maximum Gasteiger partial charge on any atom is -0.0279 e. The molecule has 0 fully saturated rings. The van der Waals surface area contributed by atoms with Crippen molar-refractivity contribution in [2.24, 2.45) is 0 Å². The molecule has 17 heavy (non-hydrogen) atoms. The Balaban J connectivity index is 0.000000770. The molecule has 0 unspecified atom stereocenters. The Kier molecular flexibility index (Phi) is 12.7. The van der Waals surface area contributed by atoms with E-state index in [1.54, 1.807) is 0 Å². The predicted octanol–water partition coefficient (Wildman–Crippen LogP) is 6.01. The molecule has 0 aliphatic heterocycles. The topological polar surface area (TPSA) is 0 Å². The van der Waals surface area contributed by atoms with E-state index in [0.29, 0.717) is 0 Å². The van der Waals surface area contributed by atoms with E-state index in [2.05, 4.69) is 51.1 Å². The van der Waals surface area contributed by atoms with Crippen LogP contribution in [-0.2, 0) is 6.42 Å². The summed E-state index contributed by atoms with van der Waals surface area (Å²) in [6.45, 7) is 6.52. The predicted molar refractivity (Wildman–Crippen MR) is 79.5 cm³/mol. The van der Waals surface area contributed by atoms with Gasteiger partial charge in [0.25, 0.3) is 0 Å². The highest BCUT2D eigenvalue weighted by molar-refractivity contribution is 5.14. The zero-order valence-corrected chi connectivity index (χ0v) is 12.0. The highest BCUT2D eigenvalue weighted by Crippen LogP contribution is 2.09. The largest absolute Gasteiger partial charge is 0.0656 e. The summed E-state index contributed by atoms with van der Waals surface area (Å²) < 4.78 is 0. The molecule has 0 amide bonds. The zero-order chi connectivity index (χ0) is 12.8. The molecule has 0 aliphatic carbocycles. The van der Waals surface area contributed by atoms with E-state index in [0.717, 1.165) is 0 Å². The first-order valence-electron chi connectivity index (χ1n) is 7.39. The van der Waals surface area contributed by atoms with Crippen LogP contribution in [0, 0.1) is 0 Å². The fourth-order valence-electron chi connectivity index (χ4n) is 1.75.